The van der Waals surface area contributed by atoms with Crippen LogP contribution in [-0.2, 0) is 9.53 Å². The molecule has 0 unspecified atom stereocenters. The van der Waals surface area contributed by atoms with Crippen LogP contribution in [0.5, 0.6) is 0 Å². The average molecular weight is 265 g/mol. The molecular weight excluding hydrogens is 246 g/mol. The zero-order valence-electron chi connectivity index (χ0n) is 9.18. The van der Waals surface area contributed by atoms with Crippen molar-refractivity contribution in [3.63, 3.8) is 0 Å². The minimum absolute atomic E-state index is 0.302. The van der Waals surface area contributed by atoms with Gasteiger partial charge in [0, 0.05) is 5.57 Å². The monoisotopic (exact) mass is 264 g/mol. The standard InChI is InChI=1S/C10H19BrNO2/c1-9(2)10(13)14-8-7-12(3,4)6-5-11/h1,5-8H2,2-4H3/q+1. The molecule has 82 valence electrons. The fourth-order valence-corrected chi connectivity index (χ4v) is 1.81. The van der Waals surface area contributed by atoms with E-state index in [0.717, 1.165) is 22.9 Å². The Bertz CT molecular complexity index is 214. The molecule has 0 aromatic heterocycles. The zero-order valence-corrected chi connectivity index (χ0v) is 10.8. The maximum absolute atomic E-state index is 11.0. The van der Waals surface area contributed by atoms with Crippen LogP contribution in [-0.4, -0.2) is 49.6 Å². The highest BCUT2D eigenvalue weighted by Crippen LogP contribution is 1.99. The van der Waals surface area contributed by atoms with Gasteiger partial charge < -0.3 is 9.22 Å². The zero-order chi connectivity index (χ0) is 11.2. The second-order valence-corrected chi connectivity index (χ2v) is 4.78. The van der Waals surface area contributed by atoms with E-state index in [1.165, 1.54) is 0 Å². The number of rotatable bonds is 6. The lowest BCUT2D eigenvalue weighted by Crippen LogP contribution is -2.43. The first-order valence-corrected chi connectivity index (χ1v) is 5.72. The third-order valence-electron chi connectivity index (χ3n) is 1.97. The van der Waals surface area contributed by atoms with Crippen molar-refractivity contribution in [2.45, 2.75) is 6.92 Å². The summed E-state index contributed by atoms with van der Waals surface area (Å²) in [5.74, 6) is -0.302. The number of quaternary nitrogens is 1. The van der Waals surface area contributed by atoms with E-state index in [4.69, 9.17) is 4.74 Å². The lowest BCUT2D eigenvalue weighted by Gasteiger charge is -2.28. The Morgan fingerprint density at radius 3 is 2.43 bits per heavy atom. The molecule has 0 spiro atoms. The SMILES string of the molecule is C=C(C)C(=O)OCC[N+](C)(C)CCBr. The second kappa shape index (κ2) is 6.19. The Morgan fingerprint density at radius 1 is 1.43 bits per heavy atom. The largest absolute Gasteiger partial charge is 0.456 e. The molecule has 0 saturated heterocycles. The Labute approximate surface area is 94.4 Å². The number of hydrogen-bond donors (Lipinski definition) is 0. The van der Waals surface area contributed by atoms with Crippen LogP contribution in [0.1, 0.15) is 6.92 Å². The van der Waals surface area contributed by atoms with Crippen molar-refractivity contribution < 1.29 is 14.0 Å². The van der Waals surface area contributed by atoms with Gasteiger partial charge in [0.05, 0.1) is 26.0 Å². The van der Waals surface area contributed by atoms with Crippen LogP contribution < -0.4 is 0 Å². The fourth-order valence-electron chi connectivity index (χ4n) is 0.849. The van der Waals surface area contributed by atoms with Crippen LogP contribution in [0, 0.1) is 0 Å². The summed E-state index contributed by atoms with van der Waals surface area (Å²) in [6.45, 7) is 7.47. The number of ether oxygens (including phenoxy) is 1. The quantitative estimate of drug-likeness (QED) is 0.315. The Morgan fingerprint density at radius 2 is 2.00 bits per heavy atom. The van der Waals surface area contributed by atoms with Crippen LogP contribution in [0.2, 0.25) is 0 Å². The number of alkyl halides is 1. The molecule has 0 aromatic carbocycles. The van der Waals surface area contributed by atoms with Gasteiger partial charge in [-0.05, 0) is 6.92 Å². The van der Waals surface area contributed by atoms with Crippen molar-refractivity contribution in [2.75, 3.05) is 39.1 Å². The highest BCUT2D eigenvalue weighted by Gasteiger charge is 2.14. The normalized spacial score (nSPS) is 11.1. The molecule has 4 heteroatoms. The predicted molar refractivity (Wildman–Crippen MR) is 61.4 cm³/mol. The number of carbonyl (C=O) groups excluding carboxylic acids is 1. The predicted octanol–water partition coefficient (Wildman–Crippen LogP) is 1.58. The average Bonchev–Trinajstić information content (AvgIpc) is 2.03. The van der Waals surface area contributed by atoms with Crippen LogP contribution in [0.4, 0.5) is 0 Å². The molecule has 0 N–H and O–H groups in total. The molecule has 0 fully saturated rings. The van der Waals surface area contributed by atoms with Gasteiger partial charge in [0.2, 0.25) is 0 Å². The molecule has 0 rings (SSSR count). The molecule has 3 nitrogen and oxygen atoms in total. The third kappa shape index (κ3) is 6.16. The summed E-state index contributed by atoms with van der Waals surface area (Å²) in [5, 5.41) is 0.953. The molecule has 0 aromatic rings. The second-order valence-electron chi connectivity index (χ2n) is 3.99. The number of nitrogens with zero attached hydrogens (tertiary/aromatic N) is 1. The number of esters is 1. The van der Waals surface area contributed by atoms with E-state index in [2.05, 4.69) is 36.6 Å². The summed E-state index contributed by atoms with van der Waals surface area (Å²) in [5.41, 5.74) is 0.454. The lowest BCUT2D eigenvalue weighted by molar-refractivity contribution is -0.887. The van der Waals surface area contributed by atoms with Gasteiger partial charge in [-0.1, -0.05) is 22.5 Å². The smallest absolute Gasteiger partial charge is 0.333 e. The topological polar surface area (TPSA) is 26.3 Å². The van der Waals surface area contributed by atoms with Crippen molar-refractivity contribution in [3.05, 3.63) is 12.2 Å². The Hall–Kier alpha value is -0.350. The summed E-state index contributed by atoms with van der Waals surface area (Å²) in [6.07, 6.45) is 0. The number of halogens is 1. The van der Waals surface area contributed by atoms with E-state index in [1.54, 1.807) is 6.92 Å². The van der Waals surface area contributed by atoms with Crippen molar-refractivity contribution >= 4 is 21.9 Å². The molecule has 0 radical (unpaired) electrons. The maximum atomic E-state index is 11.0. The van der Waals surface area contributed by atoms with E-state index >= 15 is 0 Å². The highest BCUT2D eigenvalue weighted by molar-refractivity contribution is 9.09. The van der Waals surface area contributed by atoms with Gasteiger partial charge in [-0.3, -0.25) is 0 Å². The van der Waals surface area contributed by atoms with Crippen molar-refractivity contribution in [1.29, 1.82) is 0 Å². The molecule has 0 amide bonds. The minimum Gasteiger partial charge on any atom is -0.456 e. The number of likely N-dealkylation sites (N-methyl/N-ethyl adjacent to an activating group) is 1. The third-order valence-corrected chi connectivity index (χ3v) is 2.32. The molecule has 0 atom stereocenters. The van der Waals surface area contributed by atoms with Crippen LogP contribution in [0.3, 0.4) is 0 Å². The first-order chi connectivity index (χ1) is 6.39. The molecular formula is C10H19BrNO2+. The van der Waals surface area contributed by atoms with Crippen LogP contribution in [0.15, 0.2) is 12.2 Å². The molecule has 0 aliphatic carbocycles. The number of hydrogen-bond acceptors (Lipinski definition) is 2. The van der Waals surface area contributed by atoms with Crippen molar-refractivity contribution in [1.82, 2.24) is 0 Å². The van der Waals surface area contributed by atoms with Crippen molar-refractivity contribution in [3.8, 4) is 0 Å². The van der Waals surface area contributed by atoms with Gasteiger partial charge in [-0.15, -0.1) is 0 Å². The Balaban J connectivity index is 3.73. The summed E-state index contributed by atoms with van der Waals surface area (Å²) >= 11 is 3.39. The summed E-state index contributed by atoms with van der Waals surface area (Å²) in [6, 6.07) is 0. The molecule has 0 heterocycles. The van der Waals surface area contributed by atoms with Gasteiger partial charge >= 0.3 is 5.97 Å². The van der Waals surface area contributed by atoms with E-state index in [9.17, 15) is 4.79 Å². The molecule has 0 aliphatic rings. The summed E-state index contributed by atoms with van der Waals surface area (Å²) in [7, 11) is 4.21. The van der Waals surface area contributed by atoms with Gasteiger partial charge in [-0.25, -0.2) is 4.79 Å². The van der Waals surface area contributed by atoms with Gasteiger partial charge in [-0.2, -0.15) is 0 Å². The van der Waals surface area contributed by atoms with Gasteiger partial charge in [0.15, 0.2) is 0 Å². The maximum Gasteiger partial charge on any atom is 0.333 e. The minimum atomic E-state index is -0.302. The van der Waals surface area contributed by atoms with Gasteiger partial charge in [0.1, 0.15) is 13.2 Å². The van der Waals surface area contributed by atoms with E-state index < -0.39 is 0 Å². The molecule has 14 heavy (non-hydrogen) atoms. The van der Waals surface area contributed by atoms with Gasteiger partial charge in [0.25, 0.3) is 0 Å². The first-order valence-electron chi connectivity index (χ1n) is 4.59. The molecule has 0 saturated carbocycles. The lowest BCUT2D eigenvalue weighted by atomic mass is 10.4. The first kappa shape index (κ1) is 13.7. The van der Waals surface area contributed by atoms with E-state index in [1.807, 2.05) is 0 Å². The molecule has 0 aliphatic heterocycles. The fraction of sp³-hybridized carbons (Fsp3) is 0.700. The number of carbonyl (C=O) groups is 1. The van der Waals surface area contributed by atoms with E-state index in [0.29, 0.717) is 12.2 Å². The molecule has 0 bridgehead atoms. The summed E-state index contributed by atoms with van der Waals surface area (Å²) < 4.78 is 5.86. The highest BCUT2D eigenvalue weighted by atomic mass is 79.9. The van der Waals surface area contributed by atoms with E-state index in [-0.39, 0.29) is 5.97 Å². The van der Waals surface area contributed by atoms with Crippen molar-refractivity contribution in [2.24, 2.45) is 0 Å². The van der Waals surface area contributed by atoms with Crippen LogP contribution in [0.25, 0.3) is 0 Å². The van der Waals surface area contributed by atoms with Crippen LogP contribution >= 0.6 is 15.9 Å². The Kier molecular flexibility index (Phi) is 6.04. The summed E-state index contributed by atoms with van der Waals surface area (Å²) in [4.78, 5) is 11.0.